The van der Waals surface area contributed by atoms with Crippen LogP contribution in [0.3, 0.4) is 0 Å². The molecule has 0 spiro atoms. The van der Waals surface area contributed by atoms with Crippen LogP contribution in [0.1, 0.15) is 18.1 Å². The normalized spacial score (nSPS) is 11.5. The van der Waals surface area contributed by atoms with Crippen molar-refractivity contribution in [3.05, 3.63) is 47.0 Å². The van der Waals surface area contributed by atoms with Crippen LogP contribution in [0.15, 0.2) is 35.9 Å². The van der Waals surface area contributed by atoms with Gasteiger partial charge in [-0.3, -0.25) is 0 Å². The summed E-state index contributed by atoms with van der Waals surface area (Å²) in [6.07, 6.45) is 2.28. The average Bonchev–Trinajstić information content (AvgIpc) is 2.26. The van der Waals surface area contributed by atoms with Gasteiger partial charge < -0.3 is 10.2 Å². The summed E-state index contributed by atoms with van der Waals surface area (Å²) >= 11 is 0. The third-order valence-corrected chi connectivity index (χ3v) is 2.19. The Labute approximate surface area is 88.7 Å². The Morgan fingerprint density at radius 2 is 1.80 bits per heavy atom. The molecule has 0 heterocycles. The molecule has 0 aromatic heterocycles. The number of allylic oxidation sites excluding steroid dienone is 1. The number of carboxylic acids is 1. The lowest BCUT2D eigenvalue weighted by Crippen LogP contribution is -1.96. The van der Waals surface area contributed by atoms with Crippen molar-refractivity contribution in [2.45, 2.75) is 20.0 Å². The Bertz CT molecular complexity index is 363. The molecule has 2 N–H and O–H groups in total. The molecule has 1 aromatic rings. The Balaban J connectivity index is 2.66. The highest BCUT2D eigenvalue weighted by Gasteiger charge is 1.98. The van der Waals surface area contributed by atoms with Crippen LogP contribution in [-0.4, -0.2) is 16.2 Å². The lowest BCUT2D eigenvalue weighted by molar-refractivity contribution is -0.132. The summed E-state index contributed by atoms with van der Waals surface area (Å²) in [6, 6.07) is 7.44. The highest BCUT2D eigenvalue weighted by atomic mass is 16.4. The van der Waals surface area contributed by atoms with Crippen LogP contribution >= 0.6 is 0 Å². The van der Waals surface area contributed by atoms with Gasteiger partial charge in [-0.1, -0.05) is 30.3 Å². The zero-order valence-corrected chi connectivity index (χ0v) is 8.60. The summed E-state index contributed by atoms with van der Waals surface area (Å²) in [5.74, 6) is -0.887. The van der Waals surface area contributed by atoms with Crippen molar-refractivity contribution in [1.29, 1.82) is 0 Å². The molecule has 0 saturated heterocycles. The van der Waals surface area contributed by atoms with Crippen LogP contribution in [0.2, 0.25) is 0 Å². The maximum Gasteiger partial charge on any atom is 0.330 e. The minimum atomic E-state index is -0.887. The summed E-state index contributed by atoms with van der Waals surface area (Å²) in [6.45, 7) is 1.61. The van der Waals surface area contributed by atoms with Gasteiger partial charge in [-0.25, -0.2) is 4.79 Å². The van der Waals surface area contributed by atoms with Crippen molar-refractivity contribution < 1.29 is 15.0 Å². The van der Waals surface area contributed by atoms with Gasteiger partial charge in [0.05, 0.1) is 6.61 Å². The van der Waals surface area contributed by atoms with Crippen molar-refractivity contribution >= 4 is 5.97 Å². The quantitative estimate of drug-likeness (QED) is 0.738. The second-order valence-corrected chi connectivity index (χ2v) is 3.37. The third-order valence-electron chi connectivity index (χ3n) is 2.19. The first-order valence-corrected chi connectivity index (χ1v) is 4.72. The molecule has 80 valence electrons. The largest absolute Gasteiger partial charge is 0.478 e. The molecule has 3 nitrogen and oxygen atoms in total. The van der Waals surface area contributed by atoms with Gasteiger partial charge in [0, 0.05) is 5.57 Å². The van der Waals surface area contributed by atoms with Gasteiger partial charge in [0.15, 0.2) is 0 Å². The number of benzene rings is 1. The maximum absolute atomic E-state index is 10.5. The fourth-order valence-corrected chi connectivity index (χ4v) is 1.14. The fraction of sp³-hybridized carbons (Fsp3) is 0.250. The second kappa shape index (κ2) is 5.32. The van der Waals surface area contributed by atoms with Crippen molar-refractivity contribution in [1.82, 2.24) is 0 Å². The van der Waals surface area contributed by atoms with Crippen LogP contribution in [0.4, 0.5) is 0 Å². The molecule has 0 aliphatic rings. The smallest absolute Gasteiger partial charge is 0.330 e. The maximum atomic E-state index is 10.5. The summed E-state index contributed by atoms with van der Waals surface area (Å²) in [5.41, 5.74) is 2.24. The molecule has 0 saturated carbocycles. The SMILES string of the molecule is CC(=CCc1ccc(CO)cc1)C(=O)O. The zero-order chi connectivity index (χ0) is 11.3. The van der Waals surface area contributed by atoms with Gasteiger partial charge >= 0.3 is 5.97 Å². The number of hydrogen-bond donors (Lipinski definition) is 2. The van der Waals surface area contributed by atoms with Crippen LogP contribution < -0.4 is 0 Å². The van der Waals surface area contributed by atoms with Crippen molar-refractivity contribution in [2.75, 3.05) is 0 Å². The van der Waals surface area contributed by atoms with E-state index < -0.39 is 5.97 Å². The molecule has 0 aliphatic heterocycles. The molecule has 3 heteroatoms. The number of carbonyl (C=O) groups is 1. The molecule has 1 rings (SSSR count). The number of rotatable bonds is 4. The van der Waals surface area contributed by atoms with E-state index in [4.69, 9.17) is 10.2 Å². The van der Waals surface area contributed by atoms with Crippen molar-refractivity contribution in [3.8, 4) is 0 Å². The molecule has 0 fully saturated rings. The summed E-state index contributed by atoms with van der Waals surface area (Å²) in [5, 5.41) is 17.5. The van der Waals surface area contributed by atoms with Crippen LogP contribution in [0, 0.1) is 0 Å². The Morgan fingerprint density at radius 3 is 2.27 bits per heavy atom. The van der Waals surface area contributed by atoms with E-state index in [9.17, 15) is 4.79 Å². The first-order valence-electron chi connectivity index (χ1n) is 4.72. The van der Waals surface area contributed by atoms with Gasteiger partial charge in [0.2, 0.25) is 0 Å². The van der Waals surface area contributed by atoms with E-state index in [1.54, 1.807) is 13.0 Å². The average molecular weight is 206 g/mol. The van der Waals surface area contributed by atoms with Gasteiger partial charge in [0.1, 0.15) is 0 Å². The molecule has 0 amide bonds. The summed E-state index contributed by atoms with van der Waals surface area (Å²) in [4.78, 5) is 10.5. The van der Waals surface area contributed by atoms with Gasteiger partial charge in [-0.05, 0) is 24.5 Å². The van der Waals surface area contributed by atoms with Crippen LogP contribution in [0.5, 0.6) is 0 Å². The van der Waals surface area contributed by atoms with Gasteiger partial charge in [-0.15, -0.1) is 0 Å². The zero-order valence-electron chi connectivity index (χ0n) is 8.60. The third kappa shape index (κ3) is 3.56. The summed E-state index contributed by atoms with van der Waals surface area (Å²) in [7, 11) is 0. The van der Waals surface area contributed by atoms with E-state index in [1.807, 2.05) is 24.3 Å². The van der Waals surface area contributed by atoms with E-state index in [2.05, 4.69) is 0 Å². The number of aliphatic hydroxyl groups excluding tert-OH is 1. The first kappa shape index (κ1) is 11.5. The Hall–Kier alpha value is -1.61. The molecule has 1 aromatic carbocycles. The predicted molar refractivity (Wildman–Crippen MR) is 57.5 cm³/mol. The van der Waals surface area contributed by atoms with Gasteiger partial charge in [-0.2, -0.15) is 0 Å². The number of carboxylic acid groups (broad SMARTS) is 1. The second-order valence-electron chi connectivity index (χ2n) is 3.37. The molecule has 15 heavy (non-hydrogen) atoms. The predicted octanol–water partition coefficient (Wildman–Crippen LogP) is 1.75. The molecule has 0 radical (unpaired) electrons. The van der Waals surface area contributed by atoms with E-state index in [0.717, 1.165) is 11.1 Å². The standard InChI is InChI=1S/C12H14O3/c1-9(12(14)15)2-3-10-4-6-11(8-13)7-5-10/h2,4-7,13H,3,8H2,1H3,(H,14,15). The van der Waals surface area contributed by atoms with Crippen molar-refractivity contribution in [2.24, 2.45) is 0 Å². The number of aliphatic carboxylic acids is 1. The molecule has 0 atom stereocenters. The minimum absolute atomic E-state index is 0.0320. The highest BCUT2D eigenvalue weighted by molar-refractivity contribution is 5.85. The molecule has 0 aliphatic carbocycles. The van der Waals surface area contributed by atoms with E-state index in [0.29, 0.717) is 12.0 Å². The van der Waals surface area contributed by atoms with E-state index >= 15 is 0 Å². The highest BCUT2D eigenvalue weighted by Crippen LogP contribution is 2.06. The fourth-order valence-electron chi connectivity index (χ4n) is 1.14. The van der Waals surface area contributed by atoms with Gasteiger partial charge in [0.25, 0.3) is 0 Å². The topological polar surface area (TPSA) is 57.5 Å². The molecule has 0 bridgehead atoms. The molecular weight excluding hydrogens is 192 g/mol. The first-order chi connectivity index (χ1) is 7.13. The number of hydrogen-bond acceptors (Lipinski definition) is 2. The van der Waals surface area contributed by atoms with E-state index in [-0.39, 0.29) is 6.61 Å². The van der Waals surface area contributed by atoms with Crippen LogP contribution in [0.25, 0.3) is 0 Å². The van der Waals surface area contributed by atoms with E-state index in [1.165, 1.54) is 0 Å². The number of aliphatic hydroxyl groups is 1. The lowest BCUT2D eigenvalue weighted by Gasteiger charge is -1.99. The lowest BCUT2D eigenvalue weighted by atomic mass is 10.1. The molecule has 0 unspecified atom stereocenters. The molecular formula is C12H14O3. The van der Waals surface area contributed by atoms with Crippen LogP contribution in [-0.2, 0) is 17.8 Å². The van der Waals surface area contributed by atoms with Crippen molar-refractivity contribution in [3.63, 3.8) is 0 Å². The summed E-state index contributed by atoms with van der Waals surface area (Å²) < 4.78 is 0. The monoisotopic (exact) mass is 206 g/mol. The Kier molecular flexibility index (Phi) is 4.06. The minimum Gasteiger partial charge on any atom is -0.478 e. The Morgan fingerprint density at radius 1 is 1.27 bits per heavy atom.